The number of hydrogen-bond donors (Lipinski definition) is 0. The fraction of sp³-hybridized carbons (Fsp3) is 0.500. The lowest BCUT2D eigenvalue weighted by Gasteiger charge is -1.98. The van der Waals surface area contributed by atoms with Crippen LogP contribution in [0.5, 0.6) is 0 Å². The minimum Gasteiger partial charge on any atom is -0.0988 e. The third kappa shape index (κ3) is 7.33. The molecule has 0 saturated heterocycles. The summed E-state index contributed by atoms with van der Waals surface area (Å²) in [6.07, 6.45) is 10.7. The second kappa shape index (κ2) is 6.90. The first-order valence-electron chi connectivity index (χ1n) is 4.62. The summed E-state index contributed by atoms with van der Waals surface area (Å²) >= 11 is 0. The monoisotopic (exact) mass is 164 g/mol. The Morgan fingerprint density at radius 2 is 2.08 bits per heavy atom. The standard InChI is InChI=1S/C12H20/c1-5-12(4)10-8-6-7-9-11(2)3/h5-6,8,10-11H,1,7,9H2,2-4H3/b8-6-,12-10-. The molecule has 68 valence electrons. The lowest BCUT2D eigenvalue weighted by molar-refractivity contribution is 0.594. The summed E-state index contributed by atoms with van der Waals surface area (Å²) < 4.78 is 0. The van der Waals surface area contributed by atoms with E-state index >= 15 is 0 Å². The molecule has 0 aromatic rings. The highest BCUT2D eigenvalue weighted by Gasteiger charge is 1.88. The molecule has 0 N–H and O–H groups in total. The fourth-order valence-electron chi connectivity index (χ4n) is 0.814. The Balaban J connectivity index is 3.56. The Morgan fingerprint density at radius 1 is 1.42 bits per heavy atom. The molecule has 0 aromatic carbocycles. The van der Waals surface area contributed by atoms with Crippen molar-refractivity contribution in [3.05, 3.63) is 36.5 Å². The lowest BCUT2D eigenvalue weighted by atomic mass is 10.1. The highest BCUT2D eigenvalue weighted by molar-refractivity contribution is 5.19. The molecule has 0 saturated carbocycles. The van der Waals surface area contributed by atoms with Crippen LogP contribution in [0, 0.1) is 5.92 Å². The van der Waals surface area contributed by atoms with Crippen molar-refractivity contribution in [1.29, 1.82) is 0 Å². The van der Waals surface area contributed by atoms with Gasteiger partial charge in [0.25, 0.3) is 0 Å². The first-order chi connectivity index (χ1) is 5.66. The van der Waals surface area contributed by atoms with E-state index in [4.69, 9.17) is 0 Å². The van der Waals surface area contributed by atoms with Crippen molar-refractivity contribution in [3.8, 4) is 0 Å². The Morgan fingerprint density at radius 3 is 2.58 bits per heavy atom. The van der Waals surface area contributed by atoms with Gasteiger partial charge in [0, 0.05) is 0 Å². The topological polar surface area (TPSA) is 0 Å². The molecular formula is C12H20. The average molecular weight is 164 g/mol. The molecule has 0 heterocycles. The van der Waals surface area contributed by atoms with Crippen molar-refractivity contribution in [2.45, 2.75) is 33.6 Å². The zero-order chi connectivity index (χ0) is 9.40. The van der Waals surface area contributed by atoms with Gasteiger partial charge in [-0.15, -0.1) is 0 Å². The molecule has 0 rings (SSSR count). The van der Waals surface area contributed by atoms with Crippen LogP contribution in [-0.4, -0.2) is 0 Å². The zero-order valence-corrected chi connectivity index (χ0v) is 8.51. The zero-order valence-electron chi connectivity index (χ0n) is 8.51. The fourth-order valence-corrected chi connectivity index (χ4v) is 0.814. The molecule has 0 aliphatic heterocycles. The van der Waals surface area contributed by atoms with Crippen LogP contribution in [0.3, 0.4) is 0 Å². The maximum Gasteiger partial charge on any atom is -0.0345 e. The van der Waals surface area contributed by atoms with Gasteiger partial charge in [0.1, 0.15) is 0 Å². The summed E-state index contributed by atoms with van der Waals surface area (Å²) in [7, 11) is 0. The van der Waals surface area contributed by atoms with Crippen LogP contribution in [0.25, 0.3) is 0 Å². The van der Waals surface area contributed by atoms with Gasteiger partial charge in [0.15, 0.2) is 0 Å². The maximum absolute atomic E-state index is 3.69. The molecule has 0 fully saturated rings. The third-order valence-corrected chi connectivity index (χ3v) is 1.73. The normalized spacial score (nSPS) is 12.8. The molecule has 0 aromatic heterocycles. The van der Waals surface area contributed by atoms with Crippen molar-refractivity contribution >= 4 is 0 Å². The Hall–Kier alpha value is -0.780. The van der Waals surface area contributed by atoms with Crippen LogP contribution in [0.2, 0.25) is 0 Å². The molecule has 0 bridgehead atoms. The second-order valence-electron chi connectivity index (χ2n) is 3.51. The molecule has 12 heavy (non-hydrogen) atoms. The van der Waals surface area contributed by atoms with Gasteiger partial charge in [0.2, 0.25) is 0 Å². The molecule has 0 unspecified atom stereocenters. The molecule has 0 amide bonds. The first-order valence-corrected chi connectivity index (χ1v) is 4.62. The molecule has 0 nitrogen and oxygen atoms in total. The highest BCUT2D eigenvalue weighted by atomic mass is 13.9. The van der Waals surface area contributed by atoms with Gasteiger partial charge in [0.05, 0.1) is 0 Å². The van der Waals surface area contributed by atoms with E-state index in [2.05, 4.69) is 45.6 Å². The largest absolute Gasteiger partial charge is 0.0988 e. The van der Waals surface area contributed by atoms with E-state index < -0.39 is 0 Å². The summed E-state index contributed by atoms with van der Waals surface area (Å²) in [6.45, 7) is 10.2. The molecule has 0 aliphatic rings. The van der Waals surface area contributed by atoms with Crippen LogP contribution in [0.15, 0.2) is 36.5 Å². The summed E-state index contributed by atoms with van der Waals surface area (Å²) in [5, 5.41) is 0. The summed E-state index contributed by atoms with van der Waals surface area (Å²) in [5.41, 5.74) is 1.22. The molecular weight excluding hydrogens is 144 g/mol. The average Bonchev–Trinajstić information content (AvgIpc) is 2.03. The van der Waals surface area contributed by atoms with Gasteiger partial charge >= 0.3 is 0 Å². The van der Waals surface area contributed by atoms with Crippen molar-refractivity contribution in [2.75, 3.05) is 0 Å². The van der Waals surface area contributed by atoms with E-state index in [0.717, 1.165) is 5.92 Å². The van der Waals surface area contributed by atoms with E-state index in [9.17, 15) is 0 Å². The molecule has 0 heteroatoms. The summed E-state index contributed by atoms with van der Waals surface area (Å²) in [6, 6.07) is 0. The Bertz CT molecular complexity index is 170. The van der Waals surface area contributed by atoms with Crippen molar-refractivity contribution < 1.29 is 0 Å². The van der Waals surface area contributed by atoms with Crippen molar-refractivity contribution in [2.24, 2.45) is 5.92 Å². The quantitative estimate of drug-likeness (QED) is 0.536. The highest BCUT2D eigenvalue weighted by Crippen LogP contribution is 2.04. The summed E-state index contributed by atoms with van der Waals surface area (Å²) in [5.74, 6) is 0.805. The van der Waals surface area contributed by atoms with E-state index in [-0.39, 0.29) is 0 Å². The first kappa shape index (κ1) is 11.2. The van der Waals surface area contributed by atoms with Gasteiger partial charge in [-0.3, -0.25) is 0 Å². The Labute approximate surface area is 76.7 Å². The third-order valence-electron chi connectivity index (χ3n) is 1.73. The Kier molecular flexibility index (Phi) is 6.45. The van der Waals surface area contributed by atoms with E-state index in [1.165, 1.54) is 18.4 Å². The minimum atomic E-state index is 0.805. The van der Waals surface area contributed by atoms with E-state index in [1.807, 2.05) is 6.08 Å². The molecule has 0 aliphatic carbocycles. The van der Waals surface area contributed by atoms with Gasteiger partial charge in [-0.25, -0.2) is 0 Å². The van der Waals surface area contributed by atoms with Crippen molar-refractivity contribution in [3.63, 3.8) is 0 Å². The smallest absolute Gasteiger partial charge is 0.0345 e. The van der Waals surface area contributed by atoms with Crippen LogP contribution in [-0.2, 0) is 0 Å². The maximum atomic E-state index is 3.69. The second-order valence-corrected chi connectivity index (χ2v) is 3.51. The van der Waals surface area contributed by atoms with Crippen LogP contribution in [0.4, 0.5) is 0 Å². The van der Waals surface area contributed by atoms with Crippen LogP contribution < -0.4 is 0 Å². The SMILES string of the molecule is C=C/C(C)=C\C=C/CCC(C)C. The van der Waals surface area contributed by atoms with Crippen LogP contribution in [0.1, 0.15) is 33.6 Å². The number of allylic oxidation sites excluding steroid dienone is 5. The van der Waals surface area contributed by atoms with Crippen LogP contribution >= 0.6 is 0 Å². The number of hydrogen-bond acceptors (Lipinski definition) is 0. The molecule has 0 spiro atoms. The van der Waals surface area contributed by atoms with E-state index in [0.29, 0.717) is 0 Å². The molecule has 0 atom stereocenters. The predicted octanol–water partition coefficient (Wildman–Crippen LogP) is 4.11. The lowest BCUT2D eigenvalue weighted by Crippen LogP contribution is -1.83. The number of rotatable bonds is 5. The van der Waals surface area contributed by atoms with Gasteiger partial charge in [-0.05, 0) is 25.7 Å². The molecule has 0 radical (unpaired) electrons. The van der Waals surface area contributed by atoms with Crippen molar-refractivity contribution in [1.82, 2.24) is 0 Å². The van der Waals surface area contributed by atoms with Gasteiger partial charge in [-0.2, -0.15) is 0 Å². The van der Waals surface area contributed by atoms with Gasteiger partial charge < -0.3 is 0 Å². The van der Waals surface area contributed by atoms with Gasteiger partial charge in [-0.1, -0.05) is 50.3 Å². The predicted molar refractivity (Wildman–Crippen MR) is 57.2 cm³/mol. The summed E-state index contributed by atoms with van der Waals surface area (Å²) in [4.78, 5) is 0. The minimum absolute atomic E-state index is 0.805. The van der Waals surface area contributed by atoms with E-state index in [1.54, 1.807) is 0 Å².